The van der Waals surface area contributed by atoms with Crippen LogP contribution in [-0.2, 0) is 14.3 Å². The van der Waals surface area contributed by atoms with Crippen LogP contribution in [0.15, 0.2) is 30.6 Å². The smallest absolute Gasteiger partial charge is 0.307 e. The van der Waals surface area contributed by atoms with E-state index in [-0.39, 0.29) is 42.2 Å². The summed E-state index contributed by atoms with van der Waals surface area (Å²) in [6, 6.07) is 7.31. The van der Waals surface area contributed by atoms with Crippen molar-refractivity contribution in [3.05, 3.63) is 52.4 Å². The van der Waals surface area contributed by atoms with E-state index in [1.807, 2.05) is 17.0 Å². The van der Waals surface area contributed by atoms with Crippen LogP contribution in [0.3, 0.4) is 0 Å². The predicted molar refractivity (Wildman–Crippen MR) is 146 cm³/mol. The summed E-state index contributed by atoms with van der Waals surface area (Å²) in [5, 5.41) is 14.5. The fourth-order valence-corrected chi connectivity index (χ4v) is 5.60. The van der Waals surface area contributed by atoms with Crippen LogP contribution < -0.4 is 10.2 Å². The Labute approximate surface area is 229 Å². The maximum atomic E-state index is 13.9. The van der Waals surface area contributed by atoms with Crippen LogP contribution in [0.1, 0.15) is 75.3 Å². The van der Waals surface area contributed by atoms with Crippen molar-refractivity contribution in [3.8, 4) is 0 Å². The standard InChI is InChI=1S/C28H38ClN5O4/c1-5-38-24(36)13-21-15-33(28(37)22(14-30-17(2)3)19-6-8-20(29)9-7-19)10-11-34(21)27-25-18(4)12-23(35)26(25)31-16-32-27/h6-9,16-18,21-23,30,35H,5,10-15H2,1-4H3/t18-,21?,22?,23-/m1/s1. The Morgan fingerprint density at radius 2 is 1.95 bits per heavy atom. The molecule has 1 aliphatic carbocycles. The Morgan fingerprint density at radius 3 is 2.63 bits per heavy atom. The first-order chi connectivity index (χ1) is 18.2. The molecule has 1 aromatic carbocycles. The van der Waals surface area contributed by atoms with Gasteiger partial charge in [0.15, 0.2) is 0 Å². The second-order valence-electron chi connectivity index (χ2n) is 10.5. The first-order valence-electron chi connectivity index (χ1n) is 13.4. The van der Waals surface area contributed by atoms with Crippen molar-refractivity contribution in [2.75, 3.05) is 37.7 Å². The lowest BCUT2D eigenvalue weighted by molar-refractivity contribution is -0.144. The number of esters is 1. The number of aliphatic hydroxyl groups is 1. The predicted octanol–water partition coefficient (Wildman–Crippen LogP) is 3.42. The minimum atomic E-state index is -0.623. The van der Waals surface area contributed by atoms with E-state index in [0.29, 0.717) is 49.9 Å². The number of halogens is 1. The molecule has 2 heterocycles. The third-order valence-corrected chi connectivity index (χ3v) is 7.61. The molecule has 0 spiro atoms. The molecule has 0 bridgehead atoms. The number of aliphatic hydroxyl groups excluding tert-OH is 1. The number of carbonyl (C=O) groups is 2. The first kappa shape index (κ1) is 28.3. The van der Waals surface area contributed by atoms with Crippen molar-refractivity contribution in [2.45, 2.75) is 70.6 Å². The average Bonchev–Trinajstić information content (AvgIpc) is 3.18. The van der Waals surface area contributed by atoms with E-state index in [4.69, 9.17) is 16.3 Å². The molecule has 9 nitrogen and oxygen atoms in total. The van der Waals surface area contributed by atoms with Crippen molar-refractivity contribution in [3.63, 3.8) is 0 Å². The Kier molecular flexibility index (Phi) is 9.23. The molecule has 206 valence electrons. The van der Waals surface area contributed by atoms with Crippen LogP contribution in [0.2, 0.25) is 5.02 Å². The molecule has 38 heavy (non-hydrogen) atoms. The third-order valence-electron chi connectivity index (χ3n) is 7.35. The highest BCUT2D eigenvalue weighted by molar-refractivity contribution is 6.30. The maximum absolute atomic E-state index is 13.9. The summed E-state index contributed by atoms with van der Waals surface area (Å²) in [7, 11) is 0. The van der Waals surface area contributed by atoms with Gasteiger partial charge in [-0.3, -0.25) is 9.59 Å². The van der Waals surface area contributed by atoms with Crippen molar-refractivity contribution in [2.24, 2.45) is 0 Å². The first-order valence-corrected chi connectivity index (χ1v) is 13.8. The molecule has 2 aliphatic rings. The molecule has 0 radical (unpaired) electrons. The number of hydrogen-bond donors (Lipinski definition) is 2. The third kappa shape index (κ3) is 6.27. The topological polar surface area (TPSA) is 108 Å². The normalized spacial score (nSPS) is 21.9. The number of hydrogen-bond acceptors (Lipinski definition) is 8. The van der Waals surface area contributed by atoms with Gasteiger partial charge in [0, 0.05) is 42.8 Å². The molecule has 4 rings (SSSR count). The molecule has 1 aliphatic heterocycles. The molecule has 4 atom stereocenters. The van der Waals surface area contributed by atoms with E-state index in [1.54, 1.807) is 19.1 Å². The number of nitrogens with one attached hydrogen (secondary N) is 1. The van der Waals surface area contributed by atoms with Gasteiger partial charge < -0.3 is 25.0 Å². The van der Waals surface area contributed by atoms with Gasteiger partial charge in [-0.05, 0) is 37.0 Å². The monoisotopic (exact) mass is 543 g/mol. The van der Waals surface area contributed by atoms with E-state index >= 15 is 0 Å². The largest absolute Gasteiger partial charge is 0.466 e. The van der Waals surface area contributed by atoms with Gasteiger partial charge in [-0.25, -0.2) is 9.97 Å². The van der Waals surface area contributed by atoms with Crippen LogP contribution >= 0.6 is 11.6 Å². The summed E-state index contributed by atoms with van der Waals surface area (Å²) in [5.74, 6) is 0.131. The molecule has 1 saturated heterocycles. The number of ether oxygens (including phenoxy) is 1. The van der Waals surface area contributed by atoms with E-state index in [2.05, 4.69) is 41.0 Å². The minimum Gasteiger partial charge on any atom is -0.466 e. The molecular formula is C28H38ClN5O4. The van der Waals surface area contributed by atoms with Gasteiger partial charge in [0.05, 0.1) is 36.8 Å². The van der Waals surface area contributed by atoms with Crippen LogP contribution in [-0.4, -0.2) is 76.7 Å². The number of piperazine rings is 1. The van der Waals surface area contributed by atoms with Crippen molar-refractivity contribution in [1.29, 1.82) is 0 Å². The summed E-state index contributed by atoms with van der Waals surface area (Å²) in [6.45, 7) is 10.1. The van der Waals surface area contributed by atoms with Crippen molar-refractivity contribution >= 4 is 29.3 Å². The lowest BCUT2D eigenvalue weighted by Gasteiger charge is -2.43. The van der Waals surface area contributed by atoms with Crippen LogP contribution in [0.5, 0.6) is 0 Å². The molecule has 1 aromatic heterocycles. The quantitative estimate of drug-likeness (QED) is 0.463. The highest BCUT2D eigenvalue weighted by atomic mass is 35.5. The zero-order valence-electron chi connectivity index (χ0n) is 22.6. The fraction of sp³-hybridized carbons (Fsp3) is 0.571. The summed E-state index contributed by atoms with van der Waals surface area (Å²) in [4.78, 5) is 39.5. The van der Waals surface area contributed by atoms with Gasteiger partial charge in [0.2, 0.25) is 5.91 Å². The van der Waals surface area contributed by atoms with Crippen LogP contribution in [0, 0.1) is 0 Å². The second kappa shape index (κ2) is 12.4. The average molecular weight is 544 g/mol. The Hall–Kier alpha value is -2.75. The van der Waals surface area contributed by atoms with Crippen molar-refractivity contribution < 1.29 is 19.4 Å². The van der Waals surface area contributed by atoms with E-state index in [1.165, 1.54) is 6.33 Å². The van der Waals surface area contributed by atoms with Gasteiger partial charge in [0.1, 0.15) is 12.1 Å². The Bertz CT molecular complexity index is 1130. The SMILES string of the molecule is CCOC(=O)CC1CN(C(=O)C(CNC(C)C)c2ccc(Cl)cc2)CCN1c1ncnc2c1[C@H](C)C[C@H]2O. The van der Waals surface area contributed by atoms with Gasteiger partial charge in [-0.15, -0.1) is 0 Å². The molecule has 2 aromatic rings. The van der Waals surface area contributed by atoms with Gasteiger partial charge in [0.25, 0.3) is 0 Å². The highest BCUT2D eigenvalue weighted by Gasteiger charge is 2.39. The minimum absolute atomic E-state index is 0.00527. The molecule has 2 N–H and O–H groups in total. The summed E-state index contributed by atoms with van der Waals surface area (Å²) in [6.07, 6.45) is 1.57. The molecule has 1 amide bonds. The van der Waals surface area contributed by atoms with Crippen LogP contribution in [0.25, 0.3) is 0 Å². The number of carbonyl (C=O) groups excluding carboxylic acids is 2. The number of rotatable bonds is 9. The number of anilines is 1. The number of benzene rings is 1. The number of aromatic nitrogens is 2. The molecule has 0 saturated carbocycles. The van der Waals surface area contributed by atoms with Gasteiger partial charge in [-0.2, -0.15) is 0 Å². The lowest BCUT2D eigenvalue weighted by atomic mass is 9.95. The molecule has 10 heteroatoms. The second-order valence-corrected chi connectivity index (χ2v) is 10.9. The number of fused-ring (bicyclic) bond motifs is 1. The van der Waals surface area contributed by atoms with Gasteiger partial charge >= 0.3 is 5.97 Å². The number of amides is 1. The van der Waals surface area contributed by atoms with E-state index in [9.17, 15) is 14.7 Å². The van der Waals surface area contributed by atoms with Crippen LogP contribution in [0.4, 0.5) is 5.82 Å². The highest BCUT2D eigenvalue weighted by Crippen LogP contribution is 2.43. The van der Waals surface area contributed by atoms with E-state index < -0.39 is 6.10 Å². The molecule has 1 fully saturated rings. The number of nitrogens with zero attached hydrogens (tertiary/aromatic N) is 4. The fourth-order valence-electron chi connectivity index (χ4n) is 5.47. The van der Waals surface area contributed by atoms with E-state index in [0.717, 1.165) is 16.9 Å². The summed E-state index contributed by atoms with van der Waals surface area (Å²) < 4.78 is 5.28. The maximum Gasteiger partial charge on any atom is 0.307 e. The zero-order valence-corrected chi connectivity index (χ0v) is 23.3. The summed E-state index contributed by atoms with van der Waals surface area (Å²) in [5.41, 5.74) is 2.47. The lowest BCUT2D eigenvalue weighted by Crippen LogP contribution is -2.57. The van der Waals surface area contributed by atoms with Crippen molar-refractivity contribution in [1.82, 2.24) is 20.2 Å². The Balaban J connectivity index is 1.61. The zero-order chi connectivity index (χ0) is 27.4. The molecular weight excluding hydrogens is 506 g/mol. The Morgan fingerprint density at radius 1 is 1.21 bits per heavy atom. The van der Waals surface area contributed by atoms with Gasteiger partial charge in [-0.1, -0.05) is 44.5 Å². The molecule has 2 unspecified atom stereocenters. The summed E-state index contributed by atoms with van der Waals surface area (Å²) >= 11 is 6.11.